The monoisotopic (exact) mass is 389 g/mol. The molecule has 1 aliphatic rings. The van der Waals surface area contributed by atoms with E-state index in [1.165, 1.54) is 46.2 Å². The van der Waals surface area contributed by atoms with Crippen LogP contribution in [0.5, 0.6) is 0 Å². The first-order valence-corrected chi connectivity index (χ1v) is 10.9. The van der Waals surface area contributed by atoms with Gasteiger partial charge in [-0.15, -0.1) is 0 Å². The summed E-state index contributed by atoms with van der Waals surface area (Å²) in [4.78, 5) is 0. The molecule has 1 nitrogen and oxygen atoms in total. The number of rotatable bonds is 5. The smallest absolute Gasteiger partial charge is 0.0243 e. The third kappa shape index (κ3) is 3.94. The zero-order valence-electron chi connectivity index (χ0n) is 17.2. The predicted molar refractivity (Wildman–Crippen MR) is 127 cm³/mol. The van der Waals surface area contributed by atoms with Crippen LogP contribution in [0.25, 0.3) is 22.3 Å². The fourth-order valence-corrected chi connectivity index (χ4v) is 4.74. The van der Waals surface area contributed by atoms with Crippen molar-refractivity contribution in [2.75, 3.05) is 6.54 Å². The average Bonchev–Trinajstić information content (AvgIpc) is 3.35. The van der Waals surface area contributed by atoms with Gasteiger partial charge in [-0.3, -0.25) is 0 Å². The maximum atomic E-state index is 3.77. The molecule has 0 saturated carbocycles. The summed E-state index contributed by atoms with van der Waals surface area (Å²) >= 11 is 0. The molecule has 1 saturated heterocycles. The highest BCUT2D eigenvalue weighted by atomic mass is 14.9. The summed E-state index contributed by atoms with van der Waals surface area (Å²) in [5.74, 6) is 0.347. The predicted octanol–water partition coefficient (Wildman–Crippen LogP) is 6.90. The Hall–Kier alpha value is -3.16. The normalized spacial score (nSPS) is 16.1. The van der Waals surface area contributed by atoms with Crippen LogP contribution < -0.4 is 5.32 Å². The molecule has 5 rings (SSSR count). The van der Waals surface area contributed by atoms with Gasteiger partial charge in [-0.25, -0.2) is 0 Å². The first-order chi connectivity index (χ1) is 14.9. The molecule has 0 spiro atoms. The van der Waals surface area contributed by atoms with Crippen LogP contribution in [0, 0.1) is 0 Å². The van der Waals surface area contributed by atoms with E-state index in [1.807, 2.05) is 0 Å². The van der Waals surface area contributed by atoms with E-state index >= 15 is 0 Å². The van der Waals surface area contributed by atoms with E-state index in [4.69, 9.17) is 0 Å². The molecule has 0 amide bonds. The molecule has 0 aliphatic carbocycles. The van der Waals surface area contributed by atoms with Crippen molar-refractivity contribution in [3.63, 3.8) is 0 Å². The second-order valence-corrected chi connectivity index (χ2v) is 8.16. The van der Waals surface area contributed by atoms with Crippen LogP contribution in [-0.2, 0) is 0 Å². The van der Waals surface area contributed by atoms with E-state index in [9.17, 15) is 0 Å². The Morgan fingerprint density at radius 2 is 1.07 bits per heavy atom. The van der Waals surface area contributed by atoms with Crippen LogP contribution >= 0.6 is 0 Å². The Morgan fingerprint density at radius 3 is 1.53 bits per heavy atom. The van der Waals surface area contributed by atoms with E-state index in [1.54, 1.807) is 0 Å². The van der Waals surface area contributed by atoms with Gasteiger partial charge in [0, 0.05) is 12.0 Å². The molecule has 1 N–H and O–H groups in total. The molecule has 0 radical (unpaired) electrons. The van der Waals surface area contributed by atoms with Crippen LogP contribution in [0.2, 0.25) is 0 Å². The quantitative estimate of drug-likeness (QED) is 0.391. The molecule has 1 atom stereocenters. The number of nitrogens with one attached hydrogen (secondary N) is 1. The Kier molecular flexibility index (Phi) is 5.46. The molecule has 1 aliphatic heterocycles. The molecule has 4 aromatic rings. The minimum Gasteiger partial charge on any atom is -0.313 e. The van der Waals surface area contributed by atoms with Crippen molar-refractivity contribution in [3.05, 3.63) is 120 Å². The van der Waals surface area contributed by atoms with Crippen molar-refractivity contribution >= 4 is 0 Å². The highest BCUT2D eigenvalue weighted by Gasteiger charge is 2.28. The van der Waals surface area contributed by atoms with Crippen molar-refractivity contribution in [1.82, 2.24) is 5.32 Å². The summed E-state index contributed by atoms with van der Waals surface area (Å²) < 4.78 is 0. The van der Waals surface area contributed by atoms with Gasteiger partial charge in [-0.05, 0) is 52.8 Å². The number of benzene rings is 4. The number of hydrogen-bond acceptors (Lipinski definition) is 1. The van der Waals surface area contributed by atoms with Crippen molar-refractivity contribution in [2.24, 2.45) is 0 Å². The molecule has 4 aromatic carbocycles. The number of hydrogen-bond donors (Lipinski definition) is 1. The molecule has 0 bridgehead atoms. The molecule has 0 unspecified atom stereocenters. The molecule has 0 aromatic heterocycles. The van der Waals surface area contributed by atoms with Gasteiger partial charge in [0.2, 0.25) is 0 Å². The highest BCUT2D eigenvalue weighted by molar-refractivity contribution is 5.66. The summed E-state index contributed by atoms with van der Waals surface area (Å²) in [6.45, 7) is 1.11. The van der Waals surface area contributed by atoms with E-state index in [-0.39, 0.29) is 0 Å². The fraction of sp³-hybridized carbons (Fsp3) is 0.172. The first-order valence-electron chi connectivity index (χ1n) is 10.9. The second kappa shape index (κ2) is 8.69. The average molecular weight is 390 g/mol. The zero-order chi connectivity index (χ0) is 20.2. The lowest BCUT2D eigenvalue weighted by Crippen LogP contribution is -2.29. The maximum Gasteiger partial charge on any atom is 0.0243 e. The van der Waals surface area contributed by atoms with Crippen molar-refractivity contribution in [2.45, 2.75) is 24.8 Å². The summed E-state index contributed by atoms with van der Waals surface area (Å²) in [5.41, 5.74) is 7.90. The lowest BCUT2D eigenvalue weighted by Gasteiger charge is -2.26. The second-order valence-electron chi connectivity index (χ2n) is 8.16. The van der Waals surface area contributed by atoms with Crippen molar-refractivity contribution in [3.8, 4) is 22.3 Å². The largest absolute Gasteiger partial charge is 0.313 e. The van der Waals surface area contributed by atoms with Crippen LogP contribution in [-0.4, -0.2) is 12.6 Å². The Balaban J connectivity index is 1.57. The SMILES string of the molecule is c1ccc(-c2cccc(C(c3cccc(-c4ccccc4)c3)[C@@H]3CCCN3)c2)cc1. The van der Waals surface area contributed by atoms with Gasteiger partial charge in [0.25, 0.3) is 0 Å². The summed E-state index contributed by atoms with van der Waals surface area (Å²) in [5, 5.41) is 3.77. The Labute approximate surface area is 179 Å². The van der Waals surface area contributed by atoms with Gasteiger partial charge in [0.1, 0.15) is 0 Å². The van der Waals surface area contributed by atoms with Crippen molar-refractivity contribution < 1.29 is 0 Å². The Morgan fingerprint density at radius 1 is 0.567 bits per heavy atom. The minimum absolute atomic E-state index is 0.347. The van der Waals surface area contributed by atoms with E-state index in [0.717, 1.165) is 6.54 Å². The van der Waals surface area contributed by atoms with E-state index in [0.29, 0.717) is 12.0 Å². The molecular formula is C29H27N. The van der Waals surface area contributed by atoms with Crippen LogP contribution in [0.1, 0.15) is 29.9 Å². The molecule has 30 heavy (non-hydrogen) atoms. The van der Waals surface area contributed by atoms with Crippen LogP contribution in [0.15, 0.2) is 109 Å². The lowest BCUT2D eigenvalue weighted by molar-refractivity contribution is 0.541. The van der Waals surface area contributed by atoms with Crippen molar-refractivity contribution in [1.29, 1.82) is 0 Å². The standard InChI is InChI=1S/C29H27N/c1-3-10-22(11-4-1)24-14-7-16-26(20-24)29(28-18-9-19-30-28)27-17-8-15-25(21-27)23-12-5-2-6-13-23/h1-8,10-17,20-21,28-30H,9,18-19H2/t28-/m0/s1. The topological polar surface area (TPSA) is 12.0 Å². The minimum atomic E-state index is 0.347. The first kappa shape index (κ1) is 18.8. The van der Waals surface area contributed by atoms with Gasteiger partial charge < -0.3 is 5.32 Å². The van der Waals surface area contributed by atoms with Gasteiger partial charge in [0.05, 0.1) is 0 Å². The third-order valence-electron chi connectivity index (χ3n) is 6.21. The van der Waals surface area contributed by atoms with Gasteiger partial charge >= 0.3 is 0 Å². The molecule has 1 fully saturated rings. The summed E-state index contributed by atoms with van der Waals surface area (Å²) in [6, 6.07) is 40.1. The fourth-order valence-electron chi connectivity index (χ4n) is 4.74. The van der Waals surface area contributed by atoms with E-state index < -0.39 is 0 Å². The molecular weight excluding hydrogens is 362 g/mol. The highest BCUT2D eigenvalue weighted by Crippen LogP contribution is 2.35. The Bertz CT molecular complexity index is 1010. The van der Waals surface area contributed by atoms with Gasteiger partial charge in [-0.1, -0.05) is 109 Å². The van der Waals surface area contributed by atoms with Crippen LogP contribution in [0.4, 0.5) is 0 Å². The molecule has 148 valence electrons. The molecule has 1 heterocycles. The maximum absolute atomic E-state index is 3.77. The van der Waals surface area contributed by atoms with Crippen LogP contribution in [0.3, 0.4) is 0 Å². The summed E-state index contributed by atoms with van der Waals surface area (Å²) in [6.07, 6.45) is 2.47. The zero-order valence-corrected chi connectivity index (χ0v) is 17.2. The van der Waals surface area contributed by atoms with Gasteiger partial charge in [-0.2, -0.15) is 0 Å². The van der Waals surface area contributed by atoms with E-state index in [2.05, 4.69) is 115 Å². The third-order valence-corrected chi connectivity index (χ3v) is 6.21. The lowest BCUT2D eigenvalue weighted by atomic mass is 9.82. The summed E-state index contributed by atoms with van der Waals surface area (Å²) in [7, 11) is 0. The molecule has 1 heteroatoms. The van der Waals surface area contributed by atoms with Gasteiger partial charge in [0.15, 0.2) is 0 Å².